The molecule has 0 aliphatic heterocycles. The molecule has 0 aliphatic carbocycles. The number of benzene rings is 1. The molecule has 25 heavy (non-hydrogen) atoms. The number of nitrogens with one attached hydrogen (secondary N) is 1. The molecule has 0 radical (unpaired) electrons. The highest BCUT2D eigenvalue weighted by Gasteiger charge is 2.05. The van der Waals surface area contributed by atoms with Crippen molar-refractivity contribution in [2.75, 3.05) is 39.5 Å². The largest absolute Gasteiger partial charge is 0.491 e. The molecule has 1 aromatic carbocycles. The molecule has 0 unspecified atom stereocenters. The van der Waals surface area contributed by atoms with Gasteiger partial charge in [0.1, 0.15) is 12.4 Å². The maximum absolute atomic E-state index is 9.10. The van der Waals surface area contributed by atoms with Gasteiger partial charge in [-0.15, -0.1) is 0 Å². The van der Waals surface area contributed by atoms with Gasteiger partial charge >= 0.3 is 11.9 Å². The molecule has 0 saturated heterocycles. The zero-order valence-corrected chi connectivity index (χ0v) is 15.0. The number of carbonyl (C=O) groups is 2. The number of nitrogens with two attached hydrogens (primary N) is 1. The number of carboxylic acids is 2. The van der Waals surface area contributed by atoms with Crippen molar-refractivity contribution in [3.8, 4) is 5.75 Å². The first-order valence-electron chi connectivity index (χ1n) is 7.95. The highest BCUT2D eigenvalue weighted by Crippen LogP contribution is 2.24. The summed E-state index contributed by atoms with van der Waals surface area (Å²) in [5.41, 5.74) is 9.00. The second kappa shape index (κ2) is 13.2. The first-order chi connectivity index (χ1) is 11.8. The fourth-order valence-corrected chi connectivity index (χ4v) is 2.07. The Labute approximate surface area is 147 Å². The van der Waals surface area contributed by atoms with Crippen molar-refractivity contribution < 1.29 is 29.3 Å². The average Bonchev–Trinajstić information content (AvgIpc) is 2.52. The van der Waals surface area contributed by atoms with E-state index in [1.165, 1.54) is 16.7 Å². The normalized spacial score (nSPS) is 9.92. The second-order valence-corrected chi connectivity index (χ2v) is 5.34. The lowest BCUT2D eigenvalue weighted by atomic mass is 10.1. The van der Waals surface area contributed by atoms with E-state index in [-0.39, 0.29) is 0 Å². The summed E-state index contributed by atoms with van der Waals surface area (Å²) in [7, 11) is 0. The molecule has 0 fully saturated rings. The summed E-state index contributed by atoms with van der Waals surface area (Å²) in [6, 6.07) is 4.28. The van der Waals surface area contributed by atoms with Crippen molar-refractivity contribution in [1.82, 2.24) is 5.32 Å². The Balaban J connectivity index is 0.000000823. The third kappa shape index (κ3) is 11.1. The first kappa shape index (κ1) is 22.8. The first-order valence-corrected chi connectivity index (χ1v) is 7.95. The molecule has 142 valence electrons. The highest BCUT2D eigenvalue weighted by molar-refractivity contribution is 6.27. The molecule has 1 rings (SSSR count). The van der Waals surface area contributed by atoms with Crippen LogP contribution in [0.4, 0.5) is 0 Å². The van der Waals surface area contributed by atoms with E-state index in [9.17, 15) is 0 Å². The highest BCUT2D eigenvalue weighted by atomic mass is 16.5. The molecule has 0 aromatic heterocycles. The van der Waals surface area contributed by atoms with Crippen LogP contribution in [-0.4, -0.2) is 61.6 Å². The Hall–Kier alpha value is -2.16. The van der Waals surface area contributed by atoms with Crippen LogP contribution in [0.3, 0.4) is 0 Å². The molecule has 5 N–H and O–H groups in total. The van der Waals surface area contributed by atoms with Gasteiger partial charge in [-0.1, -0.05) is 17.7 Å². The number of rotatable bonds is 9. The van der Waals surface area contributed by atoms with Gasteiger partial charge in [-0.3, -0.25) is 0 Å². The Morgan fingerprint density at radius 1 is 1.00 bits per heavy atom. The van der Waals surface area contributed by atoms with Crippen LogP contribution in [0, 0.1) is 20.8 Å². The number of ether oxygens (including phenoxy) is 2. The van der Waals surface area contributed by atoms with Crippen LogP contribution in [0.1, 0.15) is 16.7 Å². The predicted octanol–water partition coefficient (Wildman–Crippen LogP) is 0.711. The van der Waals surface area contributed by atoms with Gasteiger partial charge in [0.05, 0.1) is 13.2 Å². The van der Waals surface area contributed by atoms with Gasteiger partial charge in [0.25, 0.3) is 0 Å². The molecule has 0 atom stereocenters. The fourth-order valence-electron chi connectivity index (χ4n) is 2.07. The molecule has 0 heterocycles. The van der Waals surface area contributed by atoms with Crippen molar-refractivity contribution in [2.45, 2.75) is 20.8 Å². The minimum Gasteiger partial charge on any atom is -0.491 e. The SMILES string of the molecule is Cc1cc(C)c(OCCOCCNCCN)c(C)c1.O=C(O)C(=O)O. The topological polar surface area (TPSA) is 131 Å². The summed E-state index contributed by atoms with van der Waals surface area (Å²) >= 11 is 0. The summed E-state index contributed by atoms with van der Waals surface area (Å²) in [5, 5.41) is 18.0. The number of hydrogen-bond donors (Lipinski definition) is 4. The maximum Gasteiger partial charge on any atom is 0.414 e. The molecular formula is C17H28N2O6. The minimum absolute atomic E-state index is 0.585. The fraction of sp³-hybridized carbons (Fsp3) is 0.529. The Morgan fingerprint density at radius 2 is 1.56 bits per heavy atom. The van der Waals surface area contributed by atoms with Gasteiger partial charge in [-0.25, -0.2) is 9.59 Å². The van der Waals surface area contributed by atoms with Crippen molar-refractivity contribution in [2.24, 2.45) is 5.73 Å². The van der Waals surface area contributed by atoms with Crippen LogP contribution in [0.15, 0.2) is 12.1 Å². The average molecular weight is 356 g/mol. The minimum atomic E-state index is -1.82. The van der Waals surface area contributed by atoms with Crippen LogP contribution in [0.2, 0.25) is 0 Å². The van der Waals surface area contributed by atoms with Crippen molar-refractivity contribution in [1.29, 1.82) is 0 Å². The number of carboxylic acid groups (broad SMARTS) is 2. The third-order valence-electron chi connectivity index (χ3n) is 3.01. The zero-order chi connectivity index (χ0) is 19.2. The third-order valence-corrected chi connectivity index (χ3v) is 3.01. The summed E-state index contributed by atoms with van der Waals surface area (Å²) in [6.45, 7) is 10.5. The molecule has 0 bridgehead atoms. The van der Waals surface area contributed by atoms with Crippen LogP contribution < -0.4 is 15.8 Å². The number of aryl methyl sites for hydroxylation is 3. The molecular weight excluding hydrogens is 328 g/mol. The Kier molecular flexibility index (Phi) is 12.0. The van der Waals surface area contributed by atoms with Crippen LogP contribution >= 0.6 is 0 Å². The lowest BCUT2D eigenvalue weighted by Crippen LogP contribution is -2.26. The lowest BCUT2D eigenvalue weighted by molar-refractivity contribution is -0.159. The van der Waals surface area contributed by atoms with Gasteiger partial charge < -0.3 is 30.7 Å². The van der Waals surface area contributed by atoms with Crippen molar-refractivity contribution >= 4 is 11.9 Å². The van der Waals surface area contributed by atoms with E-state index in [0.717, 1.165) is 18.8 Å². The van der Waals surface area contributed by atoms with E-state index < -0.39 is 11.9 Å². The van der Waals surface area contributed by atoms with E-state index in [1.54, 1.807) is 0 Å². The molecule has 0 amide bonds. The van der Waals surface area contributed by atoms with E-state index >= 15 is 0 Å². The monoisotopic (exact) mass is 356 g/mol. The summed E-state index contributed by atoms with van der Waals surface area (Å²) in [6.07, 6.45) is 0. The number of aliphatic carboxylic acids is 2. The molecule has 0 saturated carbocycles. The van der Waals surface area contributed by atoms with Crippen molar-refractivity contribution in [3.05, 3.63) is 28.8 Å². The van der Waals surface area contributed by atoms with Crippen LogP contribution in [-0.2, 0) is 14.3 Å². The van der Waals surface area contributed by atoms with Gasteiger partial charge in [0.15, 0.2) is 0 Å². The summed E-state index contributed by atoms with van der Waals surface area (Å²) in [5.74, 6) is -2.67. The van der Waals surface area contributed by atoms with E-state index in [1.807, 2.05) is 0 Å². The summed E-state index contributed by atoms with van der Waals surface area (Å²) < 4.78 is 11.3. The van der Waals surface area contributed by atoms with Crippen molar-refractivity contribution in [3.63, 3.8) is 0 Å². The molecule has 8 heteroatoms. The second-order valence-electron chi connectivity index (χ2n) is 5.34. The molecule has 1 aromatic rings. The van der Waals surface area contributed by atoms with E-state index in [0.29, 0.717) is 26.4 Å². The van der Waals surface area contributed by atoms with E-state index in [2.05, 4.69) is 38.2 Å². The molecule has 0 aliphatic rings. The predicted molar refractivity (Wildman–Crippen MR) is 94.2 cm³/mol. The zero-order valence-electron chi connectivity index (χ0n) is 15.0. The maximum atomic E-state index is 9.10. The van der Waals surface area contributed by atoms with Gasteiger partial charge in [0, 0.05) is 19.6 Å². The van der Waals surface area contributed by atoms with E-state index in [4.69, 9.17) is 35.0 Å². The lowest BCUT2D eigenvalue weighted by Gasteiger charge is -2.13. The molecule has 0 spiro atoms. The standard InChI is InChI=1S/C15H26N2O2.C2H2O4/c1-12-10-13(2)15(14(3)11-12)19-9-8-18-7-6-17-5-4-16;3-1(4)2(5)6/h10-11,17H,4-9,16H2,1-3H3;(H,3,4)(H,5,6). The van der Waals surface area contributed by atoms with Gasteiger partial charge in [-0.05, 0) is 31.9 Å². The van der Waals surface area contributed by atoms with Gasteiger partial charge in [-0.2, -0.15) is 0 Å². The van der Waals surface area contributed by atoms with Gasteiger partial charge in [0.2, 0.25) is 0 Å². The number of hydrogen-bond acceptors (Lipinski definition) is 6. The summed E-state index contributed by atoms with van der Waals surface area (Å²) in [4.78, 5) is 18.2. The smallest absolute Gasteiger partial charge is 0.414 e. The Morgan fingerprint density at radius 3 is 2.04 bits per heavy atom. The van der Waals surface area contributed by atoms with Crippen LogP contribution in [0.5, 0.6) is 5.75 Å². The molecule has 8 nitrogen and oxygen atoms in total. The quantitative estimate of drug-likeness (QED) is 0.376. The Bertz CT molecular complexity index is 513. The van der Waals surface area contributed by atoms with Crippen LogP contribution in [0.25, 0.3) is 0 Å².